The maximum atomic E-state index is 11.5. The van der Waals surface area contributed by atoms with Crippen LogP contribution >= 0.6 is 11.3 Å². The quantitative estimate of drug-likeness (QED) is 0.808. The standard InChI is InChI=1S/C10H17NO3S2/c1-3-9-4-5-10(15-9)6-11-16(13,14)8(2)7-12/h4-5,8,11-12H,3,6-7H2,1-2H3. The molecule has 0 fully saturated rings. The van der Waals surface area contributed by atoms with E-state index in [1.165, 1.54) is 11.8 Å². The number of aliphatic hydroxyl groups excluding tert-OH is 1. The minimum atomic E-state index is -3.40. The van der Waals surface area contributed by atoms with Crippen molar-refractivity contribution in [2.45, 2.75) is 32.1 Å². The Morgan fingerprint density at radius 1 is 1.44 bits per heavy atom. The first-order chi connectivity index (χ1) is 7.49. The molecule has 0 aliphatic carbocycles. The average Bonchev–Trinajstić information content (AvgIpc) is 2.73. The van der Waals surface area contributed by atoms with Gasteiger partial charge in [-0.05, 0) is 25.5 Å². The van der Waals surface area contributed by atoms with Gasteiger partial charge in [-0.3, -0.25) is 0 Å². The number of sulfonamides is 1. The number of rotatable bonds is 6. The number of aryl methyl sites for hydroxylation is 1. The van der Waals surface area contributed by atoms with Crippen LogP contribution in [0.4, 0.5) is 0 Å². The number of hydrogen-bond acceptors (Lipinski definition) is 4. The first-order valence-electron chi connectivity index (χ1n) is 5.16. The van der Waals surface area contributed by atoms with Crippen molar-refractivity contribution in [1.29, 1.82) is 0 Å². The van der Waals surface area contributed by atoms with Gasteiger partial charge >= 0.3 is 0 Å². The molecule has 1 aromatic rings. The van der Waals surface area contributed by atoms with Crippen molar-refractivity contribution in [3.05, 3.63) is 21.9 Å². The molecular formula is C10H17NO3S2. The van der Waals surface area contributed by atoms with Crippen LogP contribution in [-0.4, -0.2) is 25.4 Å². The molecule has 4 nitrogen and oxygen atoms in total. The maximum absolute atomic E-state index is 11.5. The molecule has 0 saturated carbocycles. The minimum absolute atomic E-state index is 0.303. The van der Waals surface area contributed by atoms with E-state index >= 15 is 0 Å². The zero-order valence-electron chi connectivity index (χ0n) is 9.43. The zero-order chi connectivity index (χ0) is 12.2. The smallest absolute Gasteiger partial charge is 0.216 e. The van der Waals surface area contributed by atoms with Crippen molar-refractivity contribution in [3.8, 4) is 0 Å². The van der Waals surface area contributed by atoms with Gasteiger partial charge in [0.15, 0.2) is 0 Å². The molecule has 16 heavy (non-hydrogen) atoms. The number of thiophene rings is 1. The summed E-state index contributed by atoms with van der Waals surface area (Å²) in [5, 5.41) is 8.03. The third-order valence-electron chi connectivity index (χ3n) is 2.30. The lowest BCUT2D eigenvalue weighted by atomic mass is 10.4. The molecule has 2 N–H and O–H groups in total. The Morgan fingerprint density at radius 2 is 2.06 bits per heavy atom. The number of hydrogen-bond donors (Lipinski definition) is 2. The Morgan fingerprint density at radius 3 is 2.56 bits per heavy atom. The normalized spacial score (nSPS) is 13.9. The van der Waals surface area contributed by atoms with Crippen LogP contribution in [0.1, 0.15) is 23.6 Å². The fraction of sp³-hybridized carbons (Fsp3) is 0.600. The molecule has 1 unspecified atom stereocenters. The van der Waals surface area contributed by atoms with Gasteiger partial charge in [0.05, 0.1) is 11.9 Å². The largest absolute Gasteiger partial charge is 0.395 e. The van der Waals surface area contributed by atoms with E-state index in [0.717, 1.165) is 11.3 Å². The Labute approximate surface area is 100 Å². The van der Waals surface area contributed by atoms with Crippen molar-refractivity contribution in [2.24, 2.45) is 0 Å². The fourth-order valence-corrected chi connectivity index (χ4v) is 2.95. The second kappa shape index (κ2) is 5.77. The molecular weight excluding hydrogens is 246 g/mol. The molecule has 1 atom stereocenters. The predicted molar refractivity (Wildman–Crippen MR) is 66.0 cm³/mol. The van der Waals surface area contributed by atoms with E-state index < -0.39 is 15.3 Å². The third kappa shape index (κ3) is 3.55. The summed E-state index contributed by atoms with van der Waals surface area (Å²) in [5.74, 6) is 0. The topological polar surface area (TPSA) is 66.4 Å². The lowest BCUT2D eigenvalue weighted by Crippen LogP contribution is -2.34. The minimum Gasteiger partial charge on any atom is -0.395 e. The Hall–Kier alpha value is -0.430. The van der Waals surface area contributed by atoms with Gasteiger partial charge in [0.25, 0.3) is 0 Å². The van der Waals surface area contributed by atoms with E-state index in [-0.39, 0.29) is 6.61 Å². The van der Waals surface area contributed by atoms with E-state index in [4.69, 9.17) is 5.11 Å². The second-order valence-corrected chi connectivity index (χ2v) is 7.02. The third-order valence-corrected chi connectivity index (χ3v) is 5.28. The van der Waals surface area contributed by atoms with E-state index in [2.05, 4.69) is 11.6 Å². The number of aliphatic hydroxyl groups is 1. The molecule has 6 heteroatoms. The van der Waals surface area contributed by atoms with Gasteiger partial charge in [-0.15, -0.1) is 11.3 Å². The summed E-state index contributed by atoms with van der Waals surface area (Å²) >= 11 is 1.60. The predicted octanol–water partition coefficient (Wildman–Crippen LogP) is 1.11. The van der Waals surface area contributed by atoms with E-state index in [1.807, 2.05) is 12.1 Å². The van der Waals surface area contributed by atoms with Gasteiger partial charge in [-0.1, -0.05) is 6.92 Å². The van der Waals surface area contributed by atoms with Crippen molar-refractivity contribution in [1.82, 2.24) is 4.72 Å². The summed E-state index contributed by atoms with van der Waals surface area (Å²) in [4.78, 5) is 2.23. The van der Waals surface area contributed by atoms with Crippen LogP contribution in [0.25, 0.3) is 0 Å². The summed E-state index contributed by atoms with van der Waals surface area (Å²) in [6.45, 7) is 3.49. The Kier molecular flexibility index (Phi) is 4.91. The van der Waals surface area contributed by atoms with Gasteiger partial charge in [0.1, 0.15) is 0 Å². The van der Waals surface area contributed by atoms with Gasteiger partial charge < -0.3 is 5.11 Å². The molecule has 92 valence electrons. The van der Waals surface area contributed by atoms with E-state index in [9.17, 15) is 8.42 Å². The average molecular weight is 263 g/mol. The van der Waals surface area contributed by atoms with Gasteiger partial charge in [0, 0.05) is 16.3 Å². The van der Waals surface area contributed by atoms with Crippen LogP contribution in [0.15, 0.2) is 12.1 Å². The molecule has 0 bridgehead atoms. The first-order valence-corrected chi connectivity index (χ1v) is 7.52. The Bertz CT molecular complexity index is 425. The summed E-state index contributed by atoms with van der Waals surface area (Å²) < 4.78 is 25.6. The molecule has 0 saturated heterocycles. The molecule has 0 aliphatic rings. The molecule has 0 aliphatic heterocycles. The summed E-state index contributed by atoms with van der Waals surface area (Å²) in [7, 11) is -3.40. The summed E-state index contributed by atoms with van der Waals surface area (Å²) in [5.41, 5.74) is 0. The molecule has 0 amide bonds. The van der Waals surface area contributed by atoms with Crippen LogP contribution in [0, 0.1) is 0 Å². The Balaban J connectivity index is 2.57. The molecule has 0 radical (unpaired) electrons. The molecule has 1 aromatic heterocycles. The maximum Gasteiger partial charge on any atom is 0.216 e. The molecule has 1 heterocycles. The molecule has 0 aromatic carbocycles. The van der Waals surface area contributed by atoms with Crippen LogP contribution in [-0.2, 0) is 23.0 Å². The highest BCUT2D eigenvalue weighted by Crippen LogP contribution is 2.16. The number of nitrogens with one attached hydrogen (secondary N) is 1. The highest BCUT2D eigenvalue weighted by Gasteiger charge is 2.19. The van der Waals surface area contributed by atoms with E-state index in [0.29, 0.717) is 6.54 Å². The van der Waals surface area contributed by atoms with Gasteiger partial charge in [0.2, 0.25) is 10.0 Å². The highest BCUT2D eigenvalue weighted by molar-refractivity contribution is 7.90. The fourth-order valence-electron chi connectivity index (χ4n) is 1.12. The van der Waals surface area contributed by atoms with Crippen molar-refractivity contribution >= 4 is 21.4 Å². The van der Waals surface area contributed by atoms with Crippen molar-refractivity contribution < 1.29 is 13.5 Å². The SMILES string of the molecule is CCc1ccc(CNS(=O)(=O)C(C)CO)s1. The zero-order valence-corrected chi connectivity index (χ0v) is 11.1. The van der Waals surface area contributed by atoms with Crippen LogP contribution < -0.4 is 4.72 Å². The first kappa shape index (κ1) is 13.6. The van der Waals surface area contributed by atoms with Crippen molar-refractivity contribution in [2.75, 3.05) is 6.61 Å². The van der Waals surface area contributed by atoms with Gasteiger partial charge in [-0.2, -0.15) is 0 Å². The van der Waals surface area contributed by atoms with Crippen molar-refractivity contribution in [3.63, 3.8) is 0 Å². The summed E-state index contributed by atoms with van der Waals surface area (Å²) in [6, 6.07) is 3.93. The van der Waals surface area contributed by atoms with Gasteiger partial charge in [-0.25, -0.2) is 13.1 Å². The monoisotopic (exact) mass is 263 g/mol. The van der Waals surface area contributed by atoms with Crippen LogP contribution in [0.5, 0.6) is 0 Å². The van der Waals surface area contributed by atoms with Crippen LogP contribution in [0.3, 0.4) is 0 Å². The molecule has 1 rings (SSSR count). The van der Waals surface area contributed by atoms with E-state index in [1.54, 1.807) is 11.3 Å². The lowest BCUT2D eigenvalue weighted by Gasteiger charge is -2.10. The second-order valence-electron chi connectivity index (χ2n) is 3.58. The lowest BCUT2D eigenvalue weighted by molar-refractivity contribution is 0.295. The summed E-state index contributed by atoms with van der Waals surface area (Å²) in [6.07, 6.45) is 0.963. The van der Waals surface area contributed by atoms with Crippen LogP contribution in [0.2, 0.25) is 0 Å². The molecule has 0 spiro atoms. The highest BCUT2D eigenvalue weighted by atomic mass is 32.2.